The van der Waals surface area contributed by atoms with Gasteiger partial charge in [-0.05, 0) is 31.0 Å². The van der Waals surface area contributed by atoms with Gasteiger partial charge in [-0.2, -0.15) is 5.26 Å². The minimum absolute atomic E-state index is 0.104. The first kappa shape index (κ1) is 12.0. The van der Waals surface area contributed by atoms with E-state index in [2.05, 4.69) is 6.07 Å². The predicted octanol–water partition coefficient (Wildman–Crippen LogP) is 2.71. The van der Waals surface area contributed by atoms with Crippen molar-refractivity contribution in [1.29, 1.82) is 5.26 Å². The molecule has 1 heterocycles. The second-order valence-electron chi connectivity index (χ2n) is 4.28. The quantitative estimate of drug-likeness (QED) is 0.907. The molecule has 3 nitrogen and oxygen atoms in total. The topological polar surface area (TPSA) is 54.7 Å². The Morgan fingerprint density at radius 1 is 1.53 bits per heavy atom. The molecule has 17 heavy (non-hydrogen) atoms. The molecule has 0 amide bonds. The van der Waals surface area contributed by atoms with Crippen LogP contribution in [0.5, 0.6) is 0 Å². The van der Waals surface area contributed by atoms with E-state index in [9.17, 15) is 0 Å². The van der Waals surface area contributed by atoms with Gasteiger partial charge in [0.15, 0.2) is 0 Å². The summed E-state index contributed by atoms with van der Waals surface area (Å²) in [7, 11) is 0. The van der Waals surface area contributed by atoms with Gasteiger partial charge in [0, 0.05) is 22.6 Å². The normalized spacial score (nSPS) is 12.6. The maximum absolute atomic E-state index is 8.81. The van der Waals surface area contributed by atoms with Crippen LogP contribution in [-0.2, 0) is 13.0 Å². The van der Waals surface area contributed by atoms with E-state index in [0.29, 0.717) is 11.6 Å². The molecule has 2 rings (SSSR count). The summed E-state index contributed by atoms with van der Waals surface area (Å²) in [6, 6.07) is 8.00. The van der Waals surface area contributed by atoms with Crippen LogP contribution in [0.25, 0.3) is 10.9 Å². The van der Waals surface area contributed by atoms with Crippen molar-refractivity contribution in [2.24, 2.45) is 5.73 Å². The van der Waals surface area contributed by atoms with Crippen molar-refractivity contribution in [2.75, 3.05) is 0 Å². The zero-order valence-electron chi connectivity index (χ0n) is 9.65. The highest BCUT2D eigenvalue weighted by Crippen LogP contribution is 2.25. The van der Waals surface area contributed by atoms with Gasteiger partial charge in [-0.1, -0.05) is 17.7 Å². The van der Waals surface area contributed by atoms with Crippen molar-refractivity contribution in [3.05, 3.63) is 35.0 Å². The van der Waals surface area contributed by atoms with Crippen molar-refractivity contribution in [3.63, 3.8) is 0 Å². The lowest BCUT2D eigenvalue weighted by molar-refractivity contribution is 0.736. The Balaban J connectivity index is 2.58. The predicted molar refractivity (Wildman–Crippen MR) is 69.9 cm³/mol. The molecule has 0 aliphatic heterocycles. The van der Waals surface area contributed by atoms with Gasteiger partial charge in [-0.25, -0.2) is 0 Å². The lowest BCUT2D eigenvalue weighted by Crippen LogP contribution is -2.17. The third-order valence-electron chi connectivity index (χ3n) is 2.71. The Bertz CT molecular complexity index is 578. The van der Waals surface area contributed by atoms with Gasteiger partial charge in [0.2, 0.25) is 0 Å². The number of hydrogen-bond acceptors (Lipinski definition) is 2. The molecule has 0 aliphatic carbocycles. The number of nitrogens with two attached hydrogens (primary N) is 1. The molecule has 1 aromatic carbocycles. The smallest absolute Gasteiger partial charge is 0.110 e. The first-order valence-corrected chi connectivity index (χ1v) is 5.89. The molecule has 1 aromatic heterocycles. The number of aromatic nitrogens is 1. The molecule has 2 aromatic rings. The van der Waals surface area contributed by atoms with Gasteiger partial charge >= 0.3 is 0 Å². The summed E-state index contributed by atoms with van der Waals surface area (Å²) in [5, 5.41) is 10.6. The number of hydrogen-bond donors (Lipinski definition) is 1. The molecular weight excluding hydrogens is 234 g/mol. The summed E-state index contributed by atoms with van der Waals surface area (Å²) >= 11 is 5.98. The summed E-state index contributed by atoms with van der Waals surface area (Å²) in [5.41, 5.74) is 7.99. The van der Waals surface area contributed by atoms with E-state index >= 15 is 0 Å². The van der Waals surface area contributed by atoms with Crippen LogP contribution < -0.4 is 5.73 Å². The van der Waals surface area contributed by atoms with E-state index in [1.54, 1.807) is 0 Å². The fraction of sp³-hybridized carbons (Fsp3) is 0.308. The fourth-order valence-electron chi connectivity index (χ4n) is 2.06. The molecule has 0 aliphatic rings. The number of fused-ring (bicyclic) bond motifs is 1. The molecule has 0 saturated heterocycles. The minimum atomic E-state index is 0.104. The Hall–Kier alpha value is -1.50. The van der Waals surface area contributed by atoms with Crippen LogP contribution in [0.2, 0.25) is 5.02 Å². The highest BCUT2D eigenvalue weighted by molar-refractivity contribution is 6.31. The van der Waals surface area contributed by atoms with Crippen molar-refractivity contribution in [2.45, 2.75) is 25.9 Å². The zero-order chi connectivity index (χ0) is 12.4. The van der Waals surface area contributed by atoms with Gasteiger partial charge in [-0.3, -0.25) is 0 Å². The van der Waals surface area contributed by atoms with Crippen molar-refractivity contribution in [3.8, 4) is 6.07 Å². The van der Waals surface area contributed by atoms with Crippen molar-refractivity contribution < 1.29 is 0 Å². The summed E-state index contributed by atoms with van der Waals surface area (Å²) in [5.74, 6) is 0. The van der Waals surface area contributed by atoms with Gasteiger partial charge < -0.3 is 10.3 Å². The highest BCUT2D eigenvalue weighted by Gasteiger charge is 2.10. The Kier molecular flexibility index (Phi) is 3.37. The lowest BCUT2D eigenvalue weighted by Gasteiger charge is -2.02. The molecule has 0 fully saturated rings. The lowest BCUT2D eigenvalue weighted by atomic mass is 10.1. The van der Waals surface area contributed by atoms with Crippen LogP contribution in [0.1, 0.15) is 12.5 Å². The van der Waals surface area contributed by atoms with Crippen LogP contribution in [0.15, 0.2) is 24.4 Å². The average Bonchev–Trinajstić information content (AvgIpc) is 2.56. The first-order valence-electron chi connectivity index (χ1n) is 5.51. The summed E-state index contributed by atoms with van der Waals surface area (Å²) in [6.45, 7) is 2.30. The summed E-state index contributed by atoms with van der Waals surface area (Å²) in [4.78, 5) is 0. The first-order chi connectivity index (χ1) is 8.11. The Morgan fingerprint density at radius 2 is 2.29 bits per heavy atom. The number of benzene rings is 1. The average molecular weight is 248 g/mol. The third kappa shape index (κ3) is 2.44. The van der Waals surface area contributed by atoms with E-state index < -0.39 is 0 Å². The number of nitrogens with zero attached hydrogens (tertiary/aromatic N) is 2. The van der Waals surface area contributed by atoms with Crippen LogP contribution in [0.3, 0.4) is 0 Å². The zero-order valence-corrected chi connectivity index (χ0v) is 10.4. The maximum atomic E-state index is 8.81. The second-order valence-corrected chi connectivity index (χ2v) is 4.72. The van der Waals surface area contributed by atoms with Crippen LogP contribution in [-0.4, -0.2) is 10.6 Å². The van der Waals surface area contributed by atoms with E-state index in [4.69, 9.17) is 22.6 Å². The molecule has 0 radical (unpaired) electrons. The number of rotatable bonds is 3. The monoisotopic (exact) mass is 247 g/mol. The second kappa shape index (κ2) is 4.79. The van der Waals surface area contributed by atoms with E-state index in [1.165, 1.54) is 5.56 Å². The van der Waals surface area contributed by atoms with E-state index in [1.807, 2.05) is 35.9 Å². The molecule has 0 spiro atoms. The van der Waals surface area contributed by atoms with Gasteiger partial charge in [0.1, 0.15) is 6.54 Å². The maximum Gasteiger partial charge on any atom is 0.110 e. The Labute approximate surface area is 105 Å². The van der Waals surface area contributed by atoms with Crippen molar-refractivity contribution in [1.82, 2.24) is 4.57 Å². The third-order valence-corrected chi connectivity index (χ3v) is 2.94. The number of nitriles is 1. The standard InChI is InChI=1S/C13H14ClN3/c1-9(16)6-10-8-17(5-4-15)13-7-11(14)2-3-12(10)13/h2-3,7-9H,5-6,16H2,1H3. The molecule has 1 unspecified atom stereocenters. The van der Waals surface area contributed by atoms with Crippen LogP contribution in [0, 0.1) is 11.3 Å². The Morgan fingerprint density at radius 3 is 2.94 bits per heavy atom. The largest absolute Gasteiger partial charge is 0.333 e. The summed E-state index contributed by atoms with van der Waals surface area (Å²) in [6.07, 6.45) is 2.80. The molecule has 2 N–H and O–H groups in total. The van der Waals surface area contributed by atoms with Crippen molar-refractivity contribution >= 4 is 22.5 Å². The molecule has 1 atom stereocenters. The van der Waals surface area contributed by atoms with Gasteiger partial charge in [-0.15, -0.1) is 0 Å². The van der Waals surface area contributed by atoms with Crippen LogP contribution >= 0.6 is 11.6 Å². The highest BCUT2D eigenvalue weighted by atomic mass is 35.5. The molecule has 0 bridgehead atoms. The summed E-state index contributed by atoms with van der Waals surface area (Å²) < 4.78 is 1.92. The van der Waals surface area contributed by atoms with Crippen LogP contribution in [0.4, 0.5) is 0 Å². The van der Waals surface area contributed by atoms with E-state index in [0.717, 1.165) is 17.3 Å². The fourth-order valence-corrected chi connectivity index (χ4v) is 2.22. The molecule has 0 saturated carbocycles. The molecule has 4 heteroatoms. The van der Waals surface area contributed by atoms with E-state index in [-0.39, 0.29) is 6.04 Å². The SMILES string of the molecule is CC(N)Cc1cn(CC#N)c2cc(Cl)ccc12. The molecule has 88 valence electrons. The minimum Gasteiger partial charge on any atom is -0.333 e. The number of halogens is 1. The molecular formula is C13H14ClN3. The van der Waals surface area contributed by atoms with Gasteiger partial charge in [0.05, 0.1) is 11.6 Å². The van der Waals surface area contributed by atoms with Gasteiger partial charge in [0.25, 0.3) is 0 Å².